The van der Waals surface area contributed by atoms with Gasteiger partial charge in [0.1, 0.15) is 5.76 Å². The fourth-order valence-electron chi connectivity index (χ4n) is 3.83. The quantitative estimate of drug-likeness (QED) is 0.235. The summed E-state index contributed by atoms with van der Waals surface area (Å²) in [6.45, 7) is 7.14. The van der Waals surface area contributed by atoms with E-state index in [9.17, 15) is 24.8 Å². The topological polar surface area (TPSA) is 104 Å². The first-order valence-electron chi connectivity index (χ1n) is 10.7. The van der Waals surface area contributed by atoms with E-state index in [1.165, 1.54) is 29.2 Å². The number of nitro groups is 1. The highest BCUT2D eigenvalue weighted by atomic mass is 16.6. The molecule has 1 aliphatic heterocycles. The van der Waals surface area contributed by atoms with Crippen molar-refractivity contribution in [3.63, 3.8) is 0 Å². The van der Waals surface area contributed by atoms with Crippen LogP contribution in [-0.2, 0) is 15.0 Å². The average Bonchev–Trinajstić information content (AvgIpc) is 3.01. The van der Waals surface area contributed by atoms with Gasteiger partial charge >= 0.3 is 0 Å². The standard InChI is InChI=1S/C25H29N3O5/c1-25(2,3)18-10-6-16(7-11-18)21-20(23(30)24(31)27(21)15-14-26(4)5)22(29)17-8-12-19(13-9-17)28(32)33/h6-13,21,29H,14-15H2,1-5H3/b22-20-. The maximum absolute atomic E-state index is 13.0. The lowest BCUT2D eigenvalue weighted by Crippen LogP contribution is -2.35. The number of ketones is 1. The van der Waals surface area contributed by atoms with Crippen LogP contribution in [0.1, 0.15) is 43.5 Å². The van der Waals surface area contributed by atoms with Gasteiger partial charge in [-0.05, 0) is 42.8 Å². The Balaban J connectivity index is 2.12. The number of amides is 1. The van der Waals surface area contributed by atoms with Gasteiger partial charge in [0.15, 0.2) is 0 Å². The Morgan fingerprint density at radius 1 is 1.06 bits per heavy atom. The molecular weight excluding hydrogens is 422 g/mol. The number of benzene rings is 2. The maximum atomic E-state index is 13.0. The molecule has 1 atom stereocenters. The molecule has 0 spiro atoms. The molecule has 1 N–H and O–H groups in total. The van der Waals surface area contributed by atoms with Crippen LogP contribution in [0.25, 0.3) is 5.76 Å². The number of likely N-dealkylation sites (N-methyl/N-ethyl adjacent to an activating group) is 1. The molecule has 2 aromatic rings. The Hall–Kier alpha value is -3.52. The summed E-state index contributed by atoms with van der Waals surface area (Å²) in [5.41, 5.74) is 1.84. The lowest BCUT2D eigenvalue weighted by molar-refractivity contribution is -0.384. The molecule has 0 saturated carbocycles. The number of likely N-dealkylation sites (tertiary alicyclic amines) is 1. The van der Waals surface area contributed by atoms with Crippen LogP contribution in [0, 0.1) is 10.1 Å². The van der Waals surface area contributed by atoms with Gasteiger partial charge in [0.2, 0.25) is 0 Å². The van der Waals surface area contributed by atoms with Crippen molar-refractivity contribution in [3.05, 3.63) is 80.9 Å². The highest BCUT2D eigenvalue weighted by Gasteiger charge is 2.46. The van der Waals surface area contributed by atoms with Gasteiger partial charge in [0.05, 0.1) is 16.5 Å². The summed E-state index contributed by atoms with van der Waals surface area (Å²) in [6.07, 6.45) is 0. The lowest BCUT2D eigenvalue weighted by Gasteiger charge is -2.27. The number of nitrogens with zero attached hydrogens (tertiary/aromatic N) is 3. The molecule has 8 heteroatoms. The molecule has 33 heavy (non-hydrogen) atoms. The van der Waals surface area contributed by atoms with Gasteiger partial charge in [-0.25, -0.2) is 0 Å². The molecule has 1 amide bonds. The predicted molar refractivity (Wildman–Crippen MR) is 126 cm³/mol. The van der Waals surface area contributed by atoms with Crippen LogP contribution in [0.4, 0.5) is 5.69 Å². The summed E-state index contributed by atoms with van der Waals surface area (Å²) < 4.78 is 0. The SMILES string of the molecule is CN(C)CCN1C(=O)C(=O)/C(=C(\O)c2ccc([N+](=O)[O-])cc2)C1c1ccc(C(C)(C)C)cc1. The van der Waals surface area contributed by atoms with Crippen molar-refractivity contribution in [2.75, 3.05) is 27.2 Å². The van der Waals surface area contributed by atoms with Gasteiger partial charge in [0.25, 0.3) is 17.4 Å². The Kier molecular flexibility index (Phi) is 6.69. The molecule has 0 aromatic heterocycles. The first-order valence-corrected chi connectivity index (χ1v) is 10.7. The average molecular weight is 452 g/mol. The molecule has 0 aliphatic carbocycles. The number of carbonyl (C=O) groups excluding carboxylic acids is 2. The fourth-order valence-corrected chi connectivity index (χ4v) is 3.83. The van der Waals surface area contributed by atoms with Crippen molar-refractivity contribution < 1.29 is 19.6 Å². The van der Waals surface area contributed by atoms with Crippen LogP contribution < -0.4 is 0 Å². The molecule has 8 nitrogen and oxygen atoms in total. The molecule has 1 saturated heterocycles. The fraction of sp³-hybridized carbons (Fsp3) is 0.360. The summed E-state index contributed by atoms with van der Waals surface area (Å²) in [5.74, 6) is -1.79. The summed E-state index contributed by atoms with van der Waals surface area (Å²) in [5, 5.41) is 22.0. The predicted octanol–water partition coefficient (Wildman–Crippen LogP) is 3.88. The van der Waals surface area contributed by atoms with E-state index in [1.807, 2.05) is 43.3 Å². The zero-order chi connectivity index (χ0) is 24.5. The minimum Gasteiger partial charge on any atom is -0.507 e. The summed E-state index contributed by atoms with van der Waals surface area (Å²) in [4.78, 5) is 39.8. The molecule has 1 aliphatic rings. The second kappa shape index (κ2) is 9.15. The van der Waals surface area contributed by atoms with Crippen molar-refractivity contribution in [1.29, 1.82) is 0 Å². The van der Waals surface area contributed by atoms with E-state index in [2.05, 4.69) is 20.8 Å². The number of hydrogen-bond acceptors (Lipinski definition) is 6. The highest BCUT2D eigenvalue weighted by molar-refractivity contribution is 6.46. The third-order valence-electron chi connectivity index (χ3n) is 5.77. The van der Waals surface area contributed by atoms with Gasteiger partial charge < -0.3 is 14.9 Å². The van der Waals surface area contributed by atoms with Crippen LogP contribution in [0.3, 0.4) is 0 Å². The molecule has 2 aromatic carbocycles. The van der Waals surface area contributed by atoms with E-state index >= 15 is 0 Å². The van der Waals surface area contributed by atoms with E-state index in [1.54, 1.807) is 0 Å². The minimum absolute atomic E-state index is 0.0175. The number of non-ortho nitro benzene ring substituents is 1. The van der Waals surface area contributed by atoms with E-state index in [0.29, 0.717) is 18.7 Å². The van der Waals surface area contributed by atoms with Gasteiger partial charge in [0, 0.05) is 30.8 Å². The minimum atomic E-state index is -0.769. The largest absolute Gasteiger partial charge is 0.507 e. The number of carbonyl (C=O) groups is 2. The van der Waals surface area contributed by atoms with E-state index in [-0.39, 0.29) is 28.0 Å². The smallest absolute Gasteiger partial charge is 0.295 e. The van der Waals surface area contributed by atoms with Crippen molar-refractivity contribution in [1.82, 2.24) is 9.80 Å². The van der Waals surface area contributed by atoms with Crippen LogP contribution >= 0.6 is 0 Å². The van der Waals surface area contributed by atoms with Gasteiger partial charge in [-0.1, -0.05) is 45.0 Å². The van der Waals surface area contributed by atoms with Crippen molar-refractivity contribution in [3.8, 4) is 0 Å². The first kappa shape index (κ1) is 24.1. The molecular formula is C25H29N3O5. The number of hydrogen-bond donors (Lipinski definition) is 1. The molecule has 0 bridgehead atoms. The Morgan fingerprint density at radius 3 is 2.12 bits per heavy atom. The van der Waals surface area contributed by atoms with Crippen molar-refractivity contribution in [2.24, 2.45) is 0 Å². The summed E-state index contributed by atoms with van der Waals surface area (Å²) >= 11 is 0. The first-order chi connectivity index (χ1) is 15.4. The zero-order valence-electron chi connectivity index (χ0n) is 19.5. The third-order valence-corrected chi connectivity index (χ3v) is 5.77. The molecule has 174 valence electrons. The van der Waals surface area contributed by atoms with Crippen LogP contribution in [0.5, 0.6) is 0 Å². The second-order valence-electron chi connectivity index (χ2n) is 9.47. The molecule has 1 fully saturated rings. The van der Waals surface area contributed by atoms with E-state index in [4.69, 9.17) is 0 Å². The number of aliphatic hydroxyl groups excluding tert-OH is 1. The molecule has 1 unspecified atom stereocenters. The number of rotatable bonds is 6. The van der Waals surface area contributed by atoms with Crippen LogP contribution in [-0.4, -0.2) is 58.7 Å². The Bertz CT molecular complexity index is 1100. The monoisotopic (exact) mass is 451 g/mol. The molecule has 3 rings (SSSR count). The Morgan fingerprint density at radius 2 is 1.64 bits per heavy atom. The molecule has 0 radical (unpaired) electrons. The van der Waals surface area contributed by atoms with Gasteiger partial charge in [-0.3, -0.25) is 19.7 Å². The van der Waals surface area contributed by atoms with Crippen LogP contribution in [0.15, 0.2) is 54.1 Å². The normalized spacial score (nSPS) is 18.2. The van der Waals surface area contributed by atoms with Gasteiger partial charge in [-0.2, -0.15) is 0 Å². The van der Waals surface area contributed by atoms with Crippen molar-refractivity contribution >= 4 is 23.1 Å². The maximum Gasteiger partial charge on any atom is 0.295 e. The summed E-state index contributed by atoms with van der Waals surface area (Å²) in [7, 11) is 3.75. The summed E-state index contributed by atoms with van der Waals surface area (Å²) in [6, 6.07) is 12.2. The third kappa shape index (κ3) is 4.96. The van der Waals surface area contributed by atoms with E-state index in [0.717, 1.165) is 5.56 Å². The number of Topliss-reactive ketones (excluding diaryl/α,β-unsaturated/α-hetero) is 1. The highest BCUT2D eigenvalue weighted by Crippen LogP contribution is 2.40. The Labute approximate surface area is 193 Å². The van der Waals surface area contributed by atoms with Crippen LogP contribution in [0.2, 0.25) is 0 Å². The lowest BCUT2D eigenvalue weighted by atomic mass is 9.85. The second-order valence-corrected chi connectivity index (χ2v) is 9.47. The molecule has 1 heterocycles. The number of nitro benzene ring substituents is 1. The van der Waals surface area contributed by atoms with Gasteiger partial charge in [-0.15, -0.1) is 0 Å². The van der Waals surface area contributed by atoms with E-state index < -0.39 is 22.7 Å². The number of aliphatic hydroxyl groups is 1. The zero-order valence-corrected chi connectivity index (χ0v) is 19.5. The van der Waals surface area contributed by atoms with Crippen molar-refractivity contribution in [2.45, 2.75) is 32.2 Å².